The number of hydrogen-bond acceptors (Lipinski definition) is 4. The van der Waals surface area contributed by atoms with Crippen LogP contribution in [-0.2, 0) is 4.57 Å². The second-order valence-electron chi connectivity index (χ2n) is 7.08. The Hall–Kier alpha value is -1.46. The first kappa shape index (κ1) is 20.8. The molecule has 0 fully saturated rings. The summed E-state index contributed by atoms with van der Waals surface area (Å²) < 4.78 is 12.4. The lowest BCUT2D eigenvalue weighted by atomic mass is 9.96. The quantitative estimate of drug-likeness (QED) is 0.387. The summed E-state index contributed by atoms with van der Waals surface area (Å²) >= 11 is 0. The summed E-state index contributed by atoms with van der Waals surface area (Å²) in [6.07, 6.45) is 6.06. The van der Waals surface area contributed by atoms with Crippen LogP contribution < -0.4 is 5.32 Å². The number of rotatable bonds is 9. The van der Waals surface area contributed by atoms with Crippen molar-refractivity contribution in [2.24, 2.45) is 5.92 Å². The van der Waals surface area contributed by atoms with Gasteiger partial charge in [0, 0.05) is 18.7 Å². The highest BCUT2D eigenvalue weighted by Gasteiger charge is 2.27. The molecule has 0 aliphatic heterocycles. The molecule has 1 aromatic carbocycles. The predicted molar refractivity (Wildman–Crippen MR) is 102 cm³/mol. The van der Waals surface area contributed by atoms with Gasteiger partial charge in [0.1, 0.15) is 0 Å². The van der Waals surface area contributed by atoms with Gasteiger partial charge >= 0.3 is 5.97 Å². The van der Waals surface area contributed by atoms with E-state index in [2.05, 4.69) is 17.5 Å². The number of hydrogen-bond donors (Lipinski definition) is 4. The molecule has 6 nitrogen and oxygen atoms in total. The van der Waals surface area contributed by atoms with Crippen LogP contribution in [0.4, 0.5) is 0 Å². The van der Waals surface area contributed by atoms with E-state index >= 15 is 0 Å². The summed E-state index contributed by atoms with van der Waals surface area (Å²) in [6, 6.07) is 6.42. The first-order valence-electron chi connectivity index (χ1n) is 8.97. The second kappa shape index (κ2) is 9.47. The van der Waals surface area contributed by atoms with E-state index in [0.717, 1.165) is 24.8 Å². The van der Waals surface area contributed by atoms with Crippen molar-refractivity contribution in [3.05, 3.63) is 47.5 Å². The van der Waals surface area contributed by atoms with Crippen LogP contribution in [-0.4, -0.2) is 46.0 Å². The Morgan fingerprint density at radius 2 is 2.15 bits per heavy atom. The third kappa shape index (κ3) is 6.69. The molecule has 1 aromatic rings. The zero-order chi connectivity index (χ0) is 19.2. The highest BCUT2D eigenvalue weighted by Crippen LogP contribution is 2.45. The van der Waals surface area contributed by atoms with E-state index in [0.29, 0.717) is 0 Å². The molecule has 0 bridgehead atoms. The van der Waals surface area contributed by atoms with Crippen LogP contribution >= 0.6 is 7.37 Å². The van der Waals surface area contributed by atoms with E-state index in [-0.39, 0.29) is 36.4 Å². The Kier molecular flexibility index (Phi) is 7.59. The van der Waals surface area contributed by atoms with Crippen molar-refractivity contribution in [3.63, 3.8) is 0 Å². The number of allylic oxidation sites excluding steroid dienone is 2. The molecule has 4 atom stereocenters. The number of carboxylic acids is 1. The van der Waals surface area contributed by atoms with Gasteiger partial charge in [-0.15, -0.1) is 0 Å². The highest BCUT2D eigenvalue weighted by molar-refractivity contribution is 7.58. The summed E-state index contributed by atoms with van der Waals surface area (Å²) in [6.45, 7) is 2.04. The Labute approximate surface area is 154 Å². The first-order chi connectivity index (χ1) is 12.3. The van der Waals surface area contributed by atoms with Gasteiger partial charge in [-0.2, -0.15) is 0 Å². The minimum absolute atomic E-state index is 0.123. The summed E-state index contributed by atoms with van der Waals surface area (Å²) in [5.74, 6) is -0.772. The lowest BCUT2D eigenvalue weighted by molar-refractivity contribution is 0.0696. The van der Waals surface area contributed by atoms with Crippen molar-refractivity contribution in [1.82, 2.24) is 5.32 Å². The number of carboxylic acid groups (broad SMARTS) is 1. The molecule has 4 N–H and O–H groups in total. The predicted octanol–water partition coefficient (Wildman–Crippen LogP) is 3.02. The van der Waals surface area contributed by atoms with Gasteiger partial charge < -0.3 is 20.4 Å². The third-order valence-electron chi connectivity index (χ3n) is 4.71. The lowest BCUT2D eigenvalue weighted by Crippen LogP contribution is -2.32. The largest absolute Gasteiger partial charge is 0.478 e. The third-order valence-corrected chi connectivity index (χ3v) is 6.79. The molecule has 0 saturated carbocycles. The average Bonchev–Trinajstić information content (AvgIpc) is 2.59. The van der Waals surface area contributed by atoms with Gasteiger partial charge in [-0.05, 0) is 49.8 Å². The Morgan fingerprint density at radius 3 is 2.81 bits per heavy atom. The number of nitrogens with one attached hydrogen (secondary N) is 1. The minimum atomic E-state index is -3.37. The molecule has 0 radical (unpaired) electrons. The first-order valence-corrected chi connectivity index (χ1v) is 11.0. The molecule has 144 valence electrons. The van der Waals surface area contributed by atoms with E-state index in [4.69, 9.17) is 5.11 Å². The topological polar surface area (TPSA) is 107 Å². The van der Waals surface area contributed by atoms with Crippen molar-refractivity contribution in [2.45, 2.75) is 38.3 Å². The van der Waals surface area contributed by atoms with Gasteiger partial charge in [0.25, 0.3) is 0 Å². The summed E-state index contributed by atoms with van der Waals surface area (Å²) in [7, 11) is -3.37. The van der Waals surface area contributed by atoms with Crippen molar-refractivity contribution in [2.75, 3.05) is 18.9 Å². The highest BCUT2D eigenvalue weighted by atomic mass is 31.2. The fourth-order valence-electron chi connectivity index (χ4n) is 3.27. The standard InChI is InChI=1S/C19H28NO5P/c1-14(16-8-5-9-17(10-16)19(22)23)20-11-18(21)13-26(24,25)12-15-6-3-2-4-7-15/h2-3,5,8-10,14-15,18,20-21H,4,6-7,11-13H2,1H3,(H,22,23)(H,24,25). The van der Waals surface area contributed by atoms with Crippen LogP contribution in [0.1, 0.15) is 48.1 Å². The summed E-state index contributed by atoms with van der Waals surface area (Å²) in [5.41, 5.74) is 0.997. The fraction of sp³-hybridized carbons (Fsp3) is 0.526. The fourth-order valence-corrected chi connectivity index (χ4v) is 5.34. The molecule has 26 heavy (non-hydrogen) atoms. The maximum Gasteiger partial charge on any atom is 0.335 e. The monoisotopic (exact) mass is 381 g/mol. The molecule has 1 aliphatic carbocycles. The van der Waals surface area contributed by atoms with Gasteiger partial charge in [-0.25, -0.2) is 4.79 Å². The van der Waals surface area contributed by atoms with Gasteiger partial charge in [0.15, 0.2) is 0 Å². The number of carbonyl (C=O) groups is 1. The van der Waals surface area contributed by atoms with E-state index in [1.54, 1.807) is 12.1 Å². The number of aromatic carboxylic acids is 1. The average molecular weight is 381 g/mol. The van der Waals surface area contributed by atoms with E-state index in [1.165, 1.54) is 6.07 Å². The smallest absolute Gasteiger partial charge is 0.335 e. The van der Waals surface area contributed by atoms with Crippen LogP contribution in [0.25, 0.3) is 0 Å². The van der Waals surface area contributed by atoms with Gasteiger partial charge in [0.2, 0.25) is 7.37 Å². The molecular formula is C19H28NO5P. The van der Waals surface area contributed by atoms with E-state index in [1.807, 2.05) is 13.0 Å². The maximum atomic E-state index is 12.4. The van der Waals surface area contributed by atoms with Crippen LogP contribution in [0.3, 0.4) is 0 Å². The normalized spacial score (nSPS) is 21.7. The lowest BCUT2D eigenvalue weighted by Gasteiger charge is -2.23. The minimum Gasteiger partial charge on any atom is -0.478 e. The molecule has 0 heterocycles. The van der Waals surface area contributed by atoms with Crippen molar-refractivity contribution >= 4 is 13.3 Å². The molecule has 0 spiro atoms. The van der Waals surface area contributed by atoms with Gasteiger partial charge in [0.05, 0.1) is 17.8 Å². The van der Waals surface area contributed by atoms with Crippen LogP contribution in [0.5, 0.6) is 0 Å². The molecule has 7 heteroatoms. The molecular weight excluding hydrogens is 353 g/mol. The molecule has 2 rings (SSSR count). The number of benzene rings is 1. The molecule has 1 aliphatic rings. The van der Waals surface area contributed by atoms with Crippen LogP contribution in [0.2, 0.25) is 0 Å². The zero-order valence-electron chi connectivity index (χ0n) is 15.0. The van der Waals surface area contributed by atoms with Gasteiger partial charge in [-0.1, -0.05) is 24.3 Å². The summed E-state index contributed by atoms with van der Waals surface area (Å²) in [5, 5.41) is 22.3. The Bertz CT molecular complexity index is 690. The molecule has 0 saturated heterocycles. The van der Waals surface area contributed by atoms with Crippen LogP contribution in [0, 0.1) is 5.92 Å². The summed E-state index contributed by atoms with van der Waals surface area (Å²) in [4.78, 5) is 21.2. The van der Waals surface area contributed by atoms with Crippen molar-refractivity contribution < 1.29 is 24.5 Å². The van der Waals surface area contributed by atoms with E-state index < -0.39 is 19.4 Å². The Morgan fingerprint density at radius 1 is 1.38 bits per heavy atom. The maximum absolute atomic E-state index is 12.4. The number of aliphatic hydroxyl groups is 1. The van der Waals surface area contributed by atoms with E-state index in [9.17, 15) is 19.4 Å². The van der Waals surface area contributed by atoms with Crippen molar-refractivity contribution in [3.8, 4) is 0 Å². The number of aliphatic hydroxyl groups excluding tert-OH is 1. The Balaban J connectivity index is 1.82. The second-order valence-corrected chi connectivity index (χ2v) is 9.50. The molecule has 0 amide bonds. The SMILES string of the molecule is CC(NCC(O)CP(=O)(O)CC1CC=CCC1)c1cccc(C(=O)O)c1. The molecule has 0 aromatic heterocycles. The van der Waals surface area contributed by atoms with Crippen molar-refractivity contribution in [1.29, 1.82) is 0 Å². The molecule has 4 unspecified atom stereocenters. The zero-order valence-corrected chi connectivity index (χ0v) is 15.9. The van der Waals surface area contributed by atoms with Gasteiger partial charge in [-0.3, -0.25) is 4.57 Å². The van der Waals surface area contributed by atoms with Crippen LogP contribution in [0.15, 0.2) is 36.4 Å².